The number of amides is 2. The highest BCUT2D eigenvalue weighted by atomic mass is 79.9. The molecule has 0 aromatic heterocycles. The number of hydrogen-bond acceptors (Lipinski definition) is 5. The Bertz CT molecular complexity index is 507. The zero-order chi connectivity index (χ0) is 15.3. The van der Waals surface area contributed by atoms with Crippen LogP contribution >= 0.6 is 15.9 Å². The molecule has 7 nitrogen and oxygen atoms in total. The molecule has 0 saturated carbocycles. The zero-order valence-corrected chi connectivity index (χ0v) is 12.5. The van der Waals surface area contributed by atoms with Crippen molar-refractivity contribution in [1.82, 2.24) is 10.8 Å². The Balaban J connectivity index is 2.89. The molecule has 2 unspecified atom stereocenters. The number of rotatable bonds is 5. The second kappa shape index (κ2) is 7.22. The van der Waals surface area contributed by atoms with Gasteiger partial charge in [0.15, 0.2) is 0 Å². The number of hydroxylamine groups is 1. The van der Waals surface area contributed by atoms with E-state index in [-0.39, 0.29) is 5.56 Å². The van der Waals surface area contributed by atoms with E-state index in [0.717, 1.165) is 0 Å². The Kier molecular flexibility index (Phi) is 5.93. The van der Waals surface area contributed by atoms with Gasteiger partial charge in [-0.05, 0) is 41.1 Å². The molecule has 0 bridgehead atoms. The van der Waals surface area contributed by atoms with E-state index in [2.05, 4.69) is 21.2 Å². The van der Waals surface area contributed by atoms with E-state index in [9.17, 15) is 14.7 Å². The summed E-state index contributed by atoms with van der Waals surface area (Å²) in [5, 5.41) is 20.3. The van der Waals surface area contributed by atoms with E-state index in [0.29, 0.717) is 10.2 Å². The van der Waals surface area contributed by atoms with Crippen LogP contribution in [0.15, 0.2) is 22.7 Å². The third-order valence-corrected chi connectivity index (χ3v) is 3.20. The Morgan fingerprint density at radius 2 is 2.05 bits per heavy atom. The highest BCUT2D eigenvalue weighted by molar-refractivity contribution is 9.10. The number of carbonyl (C=O) groups is 2. The van der Waals surface area contributed by atoms with Crippen LogP contribution in [0.3, 0.4) is 0 Å². The highest BCUT2D eigenvalue weighted by Crippen LogP contribution is 2.25. The third-order valence-electron chi connectivity index (χ3n) is 2.58. The monoisotopic (exact) mass is 346 g/mol. The molecule has 110 valence electrons. The number of halogens is 1. The quantitative estimate of drug-likeness (QED) is 0.457. The first kappa shape index (κ1) is 16.4. The molecular formula is C12H15BrN2O5. The van der Waals surface area contributed by atoms with Crippen molar-refractivity contribution < 1.29 is 24.6 Å². The van der Waals surface area contributed by atoms with Gasteiger partial charge in [-0.3, -0.25) is 14.8 Å². The predicted molar refractivity (Wildman–Crippen MR) is 73.6 cm³/mol. The van der Waals surface area contributed by atoms with E-state index in [4.69, 9.17) is 9.94 Å². The number of hydrogen-bond donors (Lipinski definition) is 4. The second-order valence-corrected chi connectivity index (χ2v) is 4.87. The van der Waals surface area contributed by atoms with Gasteiger partial charge in [0.05, 0.1) is 17.7 Å². The minimum absolute atomic E-state index is 0.272. The van der Waals surface area contributed by atoms with Crippen LogP contribution in [0, 0.1) is 0 Å². The second-order valence-electron chi connectivity index (χ2n) is 4.02. The SMILES string of the molecule is COc1ccc(C(=O)NC(C(=O)NO)C(C)O)cc1Br. The molecule has 0 radical (unpaired) electrons. The third kappa shape index (κ3) is 3.92. The summed E-state index contributed by atoms with van der Waals surface area (Å²) in [5.41, 5.74) is 1.66. The van der Waals surface area contributed by atoms with Crippen molar-refractivity contribution in [1.29, 1.82) is 0 Å². The highest BCUT2D eigenvalue weighted by Gasteiger charge is 2.25. The Hall–Kier alpha value is -1.64. The van der Waals surface area contributed by atoms with Gasteiger partial charge in [0, 0.05) is 5.56 Å². The molecule has 2 amide bonds. The van der Waals surface area contributed by atoms with Gasteiger partial charge in [-0.25, -0.2) is 5.48 Å². The summed E-state index contributed by atoms with van der Waals surface area (Å²) in [6.07, 6.45) is -1.16. The fraction of sp³-hybridized carbons (Fsp3) is 0.333. The number of aliphatic hydroxyl groups is 1. The summed E-state index contributed by atoms with van der Waals surface area (Å²) < 4.78 is 5.62. The lowest BCUT2D eigenvalue weighted by molar-refractivity contribution is -0.133. The largest absolute Gasteiger partial charge is 0.496 e. The zero-order valence-electron chi connectivity index (χ0n) is 10.9. The van der Waals surface area contributed by atoms with Crippen molar-refractivity contribution in [3.05, 3.63) is 28.2 Å². The van der Waals surface area contributed by atoms with Crippen molar-refractivity contribution in [2.45, 2.75) is 19.1 Å². The molecule has 0 fully saturated rings. The van der Waals surface area contributed by atoms with Gasteiger partial charge in [0.2, 0.25) is 0 Å². The Labute approximate surface area is 124 Å². The average Bonchev–Trinajstić information content (AvgIpc) is 2.43. The lowest BCUT2D eigenvalue weighted by Crippen LogP contribution is -2.51. The number of methoxy groups -OCH3 is 1. The van der Waals surface area contributed by atoms with E-state index in [1.807, 2.05) is 0 Å². The predicted octanol–water partition coefficient (Wildman–Crippen LogP) is 0.442. The van der Waals surface area contributed by atoms with Gasteiger partial charge in [0.1, 0.15) is 11.8 Å². The van der Waals surface area contributed by atoms with Crippen molar-refractivity contribution in [3.8, 4) is 5.75 Å². The van der Waals surface area contributed by atoms with Crippen molar-refractivity contribution in [2.75, 3.05) is 7.11 Å². The summed E-state index contributed by atoms with van der Waals surface area (Å²) >= 11 is 3.24. The summed E-state index contributed by atoms with van der Waals surface area (Å²) in [4.78, 5) is 23.3. The topological polar surface area (TPSA) is 108 Å². The molecule has 2 atom stereocenters. The molecule has 4 N–H and O–H groups in total. The average molecular weight is 347 g/mol. The molecular weight excluding hydrogens is 332 g/mol. The first-order valence-electron chi connectivity index (χ1n) is 5.67. The molecule has 20 heavy (non-hydrogen) atoms. The van der Waals surface area contributed by atoms with Crippen LogP contribution < -0.4 is 15.5 Å². The smallest absolute Gasteiger partial charge is 0.268 e. The van der Waals surface area contributed by atoms with Crippen LogP contribution in [0.1, 0.15) is 17.3 Å². The molecule has 1 aromatic rings. The van der Waals surface area contributed by atoms with E-state index >= 15 is 0 Å². The first-order valence-corrected chi connectivity index (χ1v) is 6.46. The molecule has 0 saturated heterocycles. The molecule has 0 aliphatic carbocycles. The van der Waals surface area contributed by atoms with E-state index in [1.165, 1.54) is 31.6 Å². The molecule has 0 spiro atoms. The molecule has 1 rings (SSSR count). The van der Waals surface area contributed by atoms with Crippen molar-refractivity contribution in [2.24, 2.45) is 0 Å². The van der Waals surface area contributed by atoms with Gasteiger partial charge in [0.25, 0.3) is 11.8 Å². The summed E-state index contributed by atoms with van der Waals surface area (Å²) in [6, 6.07) is 3.36. The number of benzene rings is 1. The van der Waals surface area contributed by atoms with Crippen LogP contribution in [-0.4, -0.2) is 41.4 Å². The Morgan fingerprint density at radius 1 is 1.40 bits per heavy atom. The van der Waals surface area contributed by atoms with Gasteiger partial charge in [-0.15, -0.1) is 0 Å². The maximum Gasteiger partial charge on any atom is 0.268 e. The lowest BCUT2D eigenvalue weighted by Gasteiger charge is -2.19. The normalized spacial score (nSPS) is 13.2. The summed E-state index contributed by atoms with van der Waals surface area (Å²) in [5.74, 6) is -0.912. The minimum Gasteiger partial charge on any atom is -0.496 e. The number of nitrogens with one attached hydrogen (secondary N) is 2. The van der Waals surface area contributed by atoms with Crippen LogP contribution in [0.2, 0.25) is 0 Å². The molecule has 0 heterocycles. The first-order chi connectivity index (χ1) is 9.40. The van der Waals surface area contributed by atoms with Gasteiger partial charge < -0.3 is 15.2 Å². The molecule has 8 heteroatoms. The lowest BCUT2D eigenvalue weighted by atomic mass is 10.1. The van der Waals surface area contributed by atoms with Crippen LogP contribution in [-0.2, 0) is 4.79 Å². The fourth-order valence-electron chi connectivity index (χ4n) is 1.51. The maximum absolute atomic E-state index is 12.0. The van der Waals surface area contributed by atoms with Gasteiger partial charge in [-0.2, -0.15) is 0 Å². The summed E-state index contributed by atoms with van der Waals surface area (Å²) in [7, 11) is 1.49. The number of carbonyl (C=O) groups excluding carboxylic acids is 2. The number of aliphatic hydroxyl groups excluding tert-OH is 1. The standard InChI is InChI=1S/C12H15BrN2O5/c1-6(16)10(12(18)15-19)14-11(17)7-3-4-9(20-2)8(13)5-7/h3-6,10,16,19H,1-2H3,(H,14,17)(H,15,18). The number of ether oxygens (including phenoxy) is 1. The van der Waals surface area contributed by atoms with Crippen molar-refractivity contribution >= 4 is 27.7 Å². The van der Waals surface area contributed by atoms with Crippen molar-refractivity contribution in [3.63, 3.8) is 0 Å². The fourth-order valence-corrected chi connectivity index (χ4v) is 2.05. The van der Waals surface area contributed by atoms with E-state index < -0.39 is 24.0 Å². The minimum atomic E-state index is -1.26. The van der Waals surface area contributed by atoms with Gasteiger partial charge >= 0.3 is 0 Å². The molecule has 0 aliphatic heterocycles. The molecule has 1 aromatic carbocycles. The van der Waals surface area contributed by atoms with E-state index in [1.54, 1.807) is 6.07 Å². The van der Waals surface area contributed by atoms with Crippen LogP contribution in [0.4, 0.5) is 0 Å². The van der Waals surface area contributed by atoms with Crippen LogP contribution in [0.25, 0.3) is 0 Å². The maximum atomic E-state index is 12.0. The van der Waals surface area contributed by atoms with Gasteiger partial charge in [-0.1, -0.05) is 0 Å². The molecule has 0 aliphatic rings. The van der Waals surface area contributed by atoms with Crippen LogP contribution in [0.5, 0.6) is 5.75 Å². The summed E-state index contributed by atoms with van der Waals surface area (Å²) in [6.45, 7) is 1.32. The Morgan fingerprint density at radius 3 is 2.50 bits per heavy atom.